The molecule has 0 aliphatic carbocycles. The van der Waals surface area contributed by atoms with Crippen molar-refractivity contribution in [1.82, 2.24) is 4.57 Å². The Morgan fingerprint density at radius 3 is 2.16 bits per heavy atom. The summed E-state index contributed by atoms with van der Waals surface area (Å²) in [6.07, 6.45) is -5.22. The molecule has 0 saturated carbocycles. The van der Waals surface area contributed by atoms with Gasteiger partial charge < -0.3 is 4.74 Å². The molecular formula is C23H22ClF3N2O3. The van der Waals surface area contributed by atoms with Crippen LogP contribution in [0, 0.1) is 0 Å². The fraction of sp³-hybridized carbons (Fsp3) is 0.304. The maximum absolute atomic E-state index is 13.1. The number of carbonyl (C=O) groups is 1. The number of halogens is 4. The van der Waals surface area contributed by atoms with Crippen LogP contribution in [-0.4, -0.2) is 23.3 Å². The summed E-state index contributed by atoms with van der Waals surface area (Å²) < 4.78 is 46.0. The van der Waals surface area contributed by atoms with Crippen LogP contribution in [0.15, 0.2) is 47.3 Å². The summed E-state index contributed by atoms with van der Waals surface area (Å²) in [5, 5.41) is 1.06. The van der Waals surface area contributed by atoms with Crippen LogP contribution in [0.25, 0.3) is 21.9 Å². The Balaban J connectivity index is 2.35. The molecule has 0 aliphatic heterocycles. The van der Waals surface area contributed by atoms with Crippen molar-refractivity contribution in [3.05, 3.63) is 63.4 Å². The van der Waals surface area contributed by atoms with Crippen molar-refractivity contribution in [2.75, 3.05) is 11.9 Å². The molecule has 0 unspecified atom stereocenters. The minimum absolute atomic E-state index is 0.166. The molecule has 0 N–H and O–H groups in total. The molecule has 2 aromatic carbocycles. The molecule has 32 heavy (non-hydrogen) atoms. The van der Waals surface area contributed by atoms with Crippen molar-refractivity contribution in [1.29, 1.82) is 0 Å². The normalized spacial score (nSPS) is 12.2. The van der Waals surface area contributed by atoms with Gasteiger partial charge in [-0.1, -0.05) is 23.7 Å². The number of carbonyl (C=O) groups excluding carboxylic acids is 1. The molecule has 170 valence electrons. The van der Waals surface area contributed by atoms with E-state index in [9.17, 15) is 22.8 Å². The molecule has 1 aromatic heterocycles. The third kappa shape index (κ3) is 4.60. The number of hydrogen-bond acceptors (Lipinski definition) is 3. The van der Waals surface area contributed by atoms with Crippen LogP contribution in [0.1, 0.15) is 26.3 Å². The number of rotatable bonds is 2. The van der Waals surface area contributed by atoms with Crippen molar-refractivity contribution in [2.45, 2.75) is 32.5 Å². The van der Waals surface area contributed by atoms with Crippen molar-refractivity contribution >= 4 is 34.3 Å². The largest absolute Gasteiger partial charge is 0.443 e. The first-order valence-corrected chi connectivity index (χ1v) is 10.0. The molecule has 3 rings (SSSR count). The molecule has 0 bridgehead atoms. The molecule has 1 amide bonds. The highest BCUT2D eigenvalue weighted by Gasteiger charge is 2.31. The second-order valence-electron chi connectivity index (χ2n) is 8.37. The van der Waals surface area contributed by atoms with Crippen LogP contribution in [0.4, 0.5) is 23.8 Å². The Kier molecular flexibility index (Phi) is 6.04. The molecule has 1 heterocycles. The van der Waals surface area contributed by atoms with E-state index in [0.29, 0.717) is 26.9 Å². The molecular weight excluding hydrogens is 445 g/mol. The summed E-state index contributed by atoms with van der Waals surface area (Å²) in [4.78, 5) is 27.0. The summed E-state index contributed by atoms with van der Waals surface area (Å²) in [5.41, 5.74) is -1.23. The number of alkyl halides is 3. The lowest BCUT2D eigenvalue weighted by Gasteiger charge is -2.28. The third-order valence-electron chi connectivity index (χ3n) is 4.81. The molecule has 0 atom stereocenters. The average Bonchev–Trinajstić information content (AvgIpc) is 2.68. The van der Waals surface area contributed by atoms with Gasteiger partial charge in [-0.3, -0.25) is 14.3 Å². The quantitative estimate of drug-likeness (QED) is 0.448. The first kappa shape index (κ1) is 23.7. The minimum atomic E-state index is -4.50. The van der Waals surface area contributed by atoms with Gasteiger partial charge in [-0.05, 0) is 56.7 Å². The van der Waals surface area contributed by atoms with Crippen molar-refractivity contribution in [3.63, 3.8) is 0 Å². The van der Waals surface area contributed by atoms with Gasteiger partial charge in [-0.15, -0.1) is 0 Å². The Labute approximate surface area is 188 Å². The van der Waals surface area contributed by atoms with Gasteiger partial charge in [-0.2, -0.15) is 13.2 Å². The van der Waals surface area contributed by atoms with Crippen molar-refractivity contribution < 1.29 is 22.7 Å². The Hall–Kier alpha value is -3.00. The second kappa shape index (κ2) is 8.16. The molecule has 9 heteroatoms. The predicted molar refractivity (Wildman–Crippen MR) is 119 cm³/mol. The van der Waals surface area contributed by atoms with Gasteiger partial charge in [0.1, 0.15) is 11.4 Å². The number of anilines is 1. The zero-order chi connectivity index (χ0) is 24.0. The van der Waals surface area contributed by atoms with Crippen molar-refractivity contribution in [3.8, 4) is 11.1 Å². The number of benzene rings is 2. The topological polar surface area (TPSA) is 51.5 Å². The highest BCUT2D eigenvalue weighted by molar-refractivity contribution is 6.31. The van der Waals surface area contributed by atoms with Gasteiger partial charge in [0.25, 0.3) is 5.56 Å². The fourth-order valence-electron chi connectivity index (χ4n) is 3.39. The number of hydrogen-bond donors (Lipinski definition) is 0. The maximum atomic E-state index is 13.1. The van der Waals surface area contributed by atoms with E-state index >= 15 is 0 Å². The number of nitrogens with zero attached hydrogens (tertiary/aromatic N) is 2. The highest BCUT2D eigenvalue weighted by atomic mass is 35.5. The van der Waals surface area contributed by atoms with E-state index < -0.39 is 29.0 Å². The Morgan fingerprint density at radius 2 is 1.62 bits per heavy atom. The molecule has 3 aromatic rings. The Morgan fingerprint density at radius 1 is 1.03 bits per heavy atom. The van der Waals surface area contributed by atoms with Gasteiger partial charge in [0, 0.05) is 35.5 Å². The van der Waals surface area contributed by atoms with E-state index in [2.05, 4.69) is 0 Å². The standard InChI is InChI=1S/C23H22ClF3N2O3/c1-22(2,3)32-21(31)29(5)19-18(13-6-8-14(9-7-13)23(25,26)27)17-12-15(24)10-11-16(17)20(30)28(19)4/h6-12H,1-5H3. The second-order valence-corrected chi connectivity index (χ2v) is 8.80. The van der Waals surface area contributed by atoms with Crippen LogP contribution < -0.4 is 10.5 Å². The Bertz CT molecular complexity index is 1240. The van der Waals surface area contributed by atoms with E-state index in [1.807, 2.05) is 0 Å². The number of amides is 1. The zero-order valence-corrected chi connectivity index (χ0v) is 18.9. The lowest BCUT2D eigenvalue weighted by atomic mass is 9.97. The minimum Gasteiger partial charge on any atom is -0.443 e. The number of pyridine rings is 1. The van der Waals surface area contributed by atoms with E-state index in [4.69, 9.17) is 16.3 Å². The summed E-state index contributed by atoms with van der Waals surface area (Å²) in [7, 11) is 2.92. The smallest absolute Gasteiger partial charge is 0.416 e. The van der Waals surface area contributed by atoms with Crippen molar-refractivity contribution in [2.24, 2.45) is 7.05 Å². The van der Waals surface area contributed by atoms with Crippen LogP contribution in [-0.2, 0) is 18.0 Å². The summed E-state index contributed by atoms with van der Waals surface area (Å²) >= 11 is 6.17. The zero-order valence-electron chi connectivity index (χ0n) is 18.2. The summed E-state index contributed by atoms with van der Waals surface area (Å²) in [6, 6.07) is 9.16. The molecule has 0 aliphatic rings. The van der Waals surface area contributed by atoms with Crippen LogP contribution in [0.3, 0.4) is 0 Å². The lowest BCUT2D eigenvalue weighted by Crippen LogP contribution is -2.37. The van der Waals surface area contributed by atoms with Crippen LogP contribution in [0.2, 0.25) is 5.02 Å². The van der Waals surface area contributed by atoms with Crippen LogP contribution >= 0.6 is 11.6 Å². The van der Waals surface area contributed by atoms with Gasteiger partial charge in [0.15, 0.2) is 0 Å². The van der Waals surface area contributed by atoms with Gasteiger partial charge >= 0.3 is 12.3 Å². The average molecular weight is 467 g/mol. The summed E-state index contributed by atoms with van der Waals surface area (Å²) in [5.74, 6) is 0.166. The van der Waals surface area contributed by atoms with Gasteiger partial charge in [0.2, 0.25) is 0 Å². The molecule has 0 saturated heterocycles. The number of fused-ring (bicyclic) bond motifs is 1. The fourth-order valence-corrected chi connectivity index (χ4v) is 3.57. The molecule has 5 nitrogen and oxygen atoms in total. The lowest BCUT2D eigenvalue weighted by molar-refractivity contribution is -0.137. The molecule has 0 spiro atoms. The molecule has 0 radical (unpaired) electrons. The molecule has 0 fully saturated rings. The van der Waals surface area contributed by atoms with E-state index in [-0.39, 0.29) is 5.82 Å². The SMILES string of the molecule is CN(C(=O)OC(C)(C)C)c1c(-c2ccc(C(F)(F)F)cc2)c2cc(Cl)ccc2c(=O)n1C. The first-order valence-electron chi connectivity index (χ1n) is 9.67. The number of ether oxygens (including phenoxy) is 1. The maximum Gasteiger partial charge on any atom is 0.416 e. The van der Waals surface area contributed by atoms with E-state index in [1.165, 1.54) is 35.7 Å². The van der Waals surface area contributed by atoms with E-state index in [0.717, 1.165) is 12.1 Å². The van der Waals surface area contributed by atoms with Crippen LogP contribution in [0.5, 0.6) is 0 Å². The van der Waals surface area contributed by atoms with E-state index in [1.54, 1.807) is 39.0 Å². The van der Waals surface area contributed by atoms with Gasteiger partial charge in [0.05, 0.1) is 5.56 Å². The highest BCUT2D eigenvalue weighted by Crippen LogP contribution is 2.38. The predicted octanol–water partition coefficient (Wildman–Crippen LogP) is 6.25. The third-order valence-corrected chi connectivity index (χ3v) is 5.05. The number of aromatic nitrogens is 1. The summed E-state index contributed by atoms with van der Waals surface area (Å²) in [6.45, 7) is 5.11. The van der Waals surface area contributed by atoms with Gasteiger partial charge in [-0.25, -0.2) is 4.79 Å². The monoisotopic (exact) mass is 466 g/mol. The first-order chi connectivity index (χ1) is 14.7.